The second-order valence-corrected chi connectivity index (χ2v) is 4.70. The molecule has 0 heterocycles. The molecule has 0 atom stereocenters. The molecule has 6 nitrogen and oxygen atoms in total. The number of rotatable bonds is 4. The summed E-state index contributed by atoms with van der Waals surface area (Å²) >= 11 is 0. The fourth-order valence-corrected chi connectivity index (χ4v) is 1.88. The number of amides is 1. The highest BCUT2D eigenvalue weighted by Crippen LogP contribution is 2.24. The summed E-state index contributed by atoms with van der Waals surface area (Å²) in [5.41, 5.74) is 0.813. The Labute approximate surface area is 133 Å². The largest absolute Gasteiger partial charge is 0.427 e. The minimum absolute atomic E-state index is 0.120. The van der Waals surface area contributed by atoms with Crippen LogP contribution in [0.3, 0.4) is 0 Å². The van der Waals surface area contributed by atoms with Crippen molar-refractivity contribution in [1.82, 2.24) is 0 Å². The summed E-state index contributed by atoms with van der Waals surface area (Å²) in [4.78, 5) is 34.5. The van der Waals surface area contributed by atoms with Crippen LogP contribution in [0.15, 0.2) is 48.5 Å². The Hall–Kier alpha value is -3.15. The van der Waals surface area contributed by atoms with Gasteiger partial charge in [0, 0.05) is 31.2 Å². The summed E-state index contributed by atoms with van der Waals surface area (Å²) in [6, 6.07) is 13.0. The number of carbonyl (C=O) groups is 3. The first kappa shape index (κ1) is 16.2. The minimum Gasteiger partial charge on any atom is -0.427 e. The molecule has 118 valence electrons. The van der Waals surface area contributed by atoms with Crippen LogP contribution in [0.2, 0.25) is 0 Å². The van der Waals surface area contributed by atoms with Gasteiger partial charge in [0.25, 0.3) is 5.91 Å². The van der Waals surface area contributed by atoms with Crippen molar-refractivity contribution in [2.45, 2.75) is 13.8 Å². The molecule has 0 saturated carbocycles. The molecule has 2 aromatic carbocycles. The normalized spacial score (nSPS) is 9.83. The monoisotopic (exact) mass is 313 g/mol. The third-order valence-electron chi connectivity index (χ3n) is 2.70. The van der Waals surface area contributed by atoms with Gasteiger partial charge in [-0.1, -0.05) is 18.2 Å². The van der Waals surface area contributed by atoms with Crippen LogP contribution in [-0.2, 0) is 9.59 Å². The Bertz CT molecular complexity index is 706. The number of anilines is 1. The fourth-order valence-electron chi connectivity index (χ4n) is 1.88. The van der Waals surface area contributed by atoms with Crippen LogP contribution in [0.1, 0.15) is 24.2 Å². The van der Waals surface area contributed by atoms with Gasteiger partial charge in [-0.15, -0.1) is 0 Å². The molecule has 23 heavy (non-hydrogen) atoms. The van der Waals surface area contributed by atoms with Crippen molar-refractivity contribution in [3.8, 4) is 11.5 Å². The van der Waals surface area contributed by atoms with Crippen LogP contribution in [0, 0.1) is 0 Å². The molecule has 0 aliphatic heterocycles. The number of esters is 2. The number of para-hydroxylation sites is 1. The lowest BCUT2D eigenvalue weighted by atomic mass is 10.1. The lowest BCUT2D eigenvalue weighted by Crippen LogP contribution is -2.13. The molecule has 0 radical (unpaired) electrons. The number of benzene rings is 2. The van der Waals surface area contributed by atoms with Crippen molar-refractivity contribution >= 4 is 23.5 Å². The van der Waals surface area contributed by atoms with E-state index in [1.165, 1.54) is 32.0 Å². The third kappa shape index (κ3) is 4.96. The maximum atomic E-state index is 12.3. The van der Waals surface area contributed by atoms with Crippen molar-refractivity contribution in [2.24, 2.45) is 0 Å². The first-order valence-electron chi connectivity index (χ1n) is 6.82. The van der Waals surface area contributed by atoms with Crippen molar-refractivity contribution < 1.29 is 23.9 Å². The Morgan fingerprint density at radius 1 is 0.826 bits per heavy atom. The predicted octanol–water partition coefficient (Wildman–Crippen LogP) is 2.79. The van der Waals surface area contributed by atoms with Crippen LogP contribution < -0.4 is 14.8 Å². The number of ether oxygens (including phenoxy) is 2. The Morgan fingerprint density at radius 3 is 1.83 bits per heavy atom. The highest BCUT2D eigenvalue weighted by Gasteiger charge is 2.13. The van der Waals surface area contributed by atoms with Gasteiger partial charge in [-0.2, -0.15) is 0 Å². The molecule has 0 unspecified atom stereocenters. The van der Waals surface area contributed by atoms with Gasteiger partial charge in [-0.25, -0.2) is 0 Å². The van der Waals surface area contributed by atoms with E-state index >= 15 is 0 Å². The van der Waals surface area contributed by atoms with Crippen molar-refractivity contribution in [2.75, 3.05) is 5.32 Å². The van der Waals surface area contributed by atoms with E-state index in [1.54, 1.807) is 24.3 Å². The van der Waals surface area contributed by atoms with Gasteiger partial charge in [0.1, 0.15) is 11.5 Å². The molecule has 0 fully saturated rings. The van der Waals surface area contributed by atoms with E-state index in [9.17, 15) is 14.4 Å². The molecule has 0 spiro atoms. The lowest BCUT2D eigenvalue weighted by molar-refractivity contribution is -0.132. The number of carbonyl (C=O) groups excluding carboxylic acids is 3. The molecular weight excluding hydrogens is 298 g/mol. The fraction of sp³-hybridized carbons (Fsp3) is 0.118. The molecule has 1 N–H and O–H groups in total. The Morgan fingerprint density at radius 2 is 1.35 bits per heavy atom. The summed E-state index contributed by atoms with van der Waals surface area (Å²) in [5.74, 6) is -1.26. The van der Waals surface area contributed by atoms with Crippen molar-refractivity contribution in [1.29, 1.82) is 0 Å². The summed E-state index contributed by atoms with van der Waals surface area (Å²) < 4.78 is 9.93. The summed E-state index contributed by atoms with van der Waals surface area (Å²) in [6.07, 6.45) is 0. The predicted molar refractivity (Wildman–Crippen MR) is 83.5 cm³/mol. The molecule has 2 aromatic rings. The van der Waals surface area contributed by atoms with Gasteiger partial charge in [-0.05, 0) is 24.3 Å². The van der Waals surface area contributed by atoms with Gasteiger partial charge in [0.05, 0.1) is 0 Å². The van der Waals surface area contributed by atoms with Crippen LogP contribution in [-0.4, -0.2) is 17.8 Å². The first-order chi connectivity index (χ1) is 10.9. The maximum absolute atomic E-state index is 12.3. The van der Waals surface area contributed by atoms with Crippen molar-refractivity contribution in [3.63, 3.8) is 0 Å². The van der Waals surface area contributed by atoms with E-state index in [1.807, 2.05) is 6.07 Å². The minimum atomic E-state index is -0.542. The van der Waals surface area contributed by atoms with E-state index in [2.05, 4.69) is 5.32 Å². The SMILES string of the molecule is CC(=O)Oc1cc(OC(C)=O)cc(C(=O)Nc2ccccc2)c1. The molecular formula is C17H15NO5. The molecule has 6 heteroatoms. The standard InChI is InChI=1S/C17H15NO5/c1-11(19)22-15-8-13(9-16(10-15)23-12(2)20)17(21)18-14-6-4-3-5-7-14/h3-10H,1-2H3,(H,18,21). The van der Waals surface area contributed by atoms with Crippen LogP contribution >= 0.6 is 0 Å². The third-order valence-corrected chi connectivity index (χ3v) is 2.70. The van der Waals surface area contributed by atoms with E-state index in [-0.39, 0.29) is 17.1 Å². The summed E-state index contributed by atoms with van der Waals surface area (Å²) in [5, 5.41) is 2.70. The van der Waals surface area contributed by atoms with E-state index in [0.29, 0.717) is 5.69 Å². The lowest BCUT2D eigenvalue weighted by Gasteiger charge is -2.10. The molecule has 0 bridgehead atoms. The Kier molecular flexibility index (Phi) is 5.09. The molecule has 0 aromatic heterocycles. The number of nitrogens with one attached hydrogen (secondary N) is 1. The maximum Gasteiger partial charge on any atom is 0.308 e. The van der Waals surface area contributed by atoms with E-state index in [4.69, 9.17) is 9.47 Å². The van der Waals surface area contributed by atoms with Crippen LogP contribution in [0.25, 0.3) is 0 Å². The van der Waals surface area contributed by atoms with E-state index < -0.39 is 17.8 Å². The molecule has 1 amide bonds. The second kappa shape index (κ2) is 7.22. The van der Waals surface area contributed by atoms with Gasteiger partial charge >= 0.3 is 11.9 Å². The average molecular weight is 313 g/mol. The van der Waals surface area contributed by atoms with Gasteiger partial charge in [0.2, 0.25) is 0 Å². The Balaban J connectivity index is 2.29. The first-order valence-corrected chi connectivity index (χ1v) is 6.82. The average Bonchev–Trinajstić information content (AvgIpc) is 2.46. The topological polar surface area (TPSA) is 81.7 Å². The van der Waals surface area contributed by atoms with Crippen molar-refractivity contribution in [3.05, 3.63) is 54.1 Å². The summed E-state index contributed by atoms with van der Waals surface area (Å²) in [6.45, 7) is 2.48. The van der Waals surface area contributed by atoms with Crippen LogP contribution in [0.5, 0.6) is 11.5 Å². The quantitative estimate of drug-likeness (QED) is 0.693. The van der Waals surface area contributed by atoms with Gasteiger partial charge in [-0.3, -0.25) is 14.4 Å². The number of hydrogen-bond acceptors (Lipinski definition) is 5. The van der Waals surface area contributed by atoms with Gasteiger partial charge < -0.3 is 14.8 Å². The molecule has 0 aliphatic rings. The van der Waals surface area contributed by atoms with Crippen LogP contribution in [0.4, 0.5) is 5.69 Å². The zero-order valence-corrected chi connectivity index (χ0v) is 12.7. The zero-order chi connectivity index (χ0) is 16.8. The molecule has 2 rings (SSSR count). The molecule has 0 aliphatic carbocycles. The number of hydrogen-bond donors (Lipinski definition) is 1. The summed E-state index contributed by atoms with van der Waals surface area (Å²) in [7, 11) is 0. The van der Waals surface area contributed by atoms with Gasteiger partial charge in [0.15, 0.2) is 0 Å². The second-order valence-electron chi connectivity index (χ2n) is 4.70. The molecule has 0 saturated heterocycles. The smallest absolute Gasteiger partial charge is 0.308 e. The highest BCUT2D eigenvalue weighted by atomic mass is 16.5. The zero-order valence-electron chi connectivity index (χ0n) is 12.7. The van der Waals surface area contributed by atoms with E-state index in [0.717, 1.165) is 0 Å². The highest BCUT2D eigenvalue weighted by molar-refractivity contribution is 6.04.